The van der Waals surface area contributed by atoms with E-state index in [9.17, 15) is 14.0 Å². The molecular formula is C19H25FN2O3. The van der Waals surface area contributed by atoms with Gasteiger partial charge in [-0.2, -0.15) is 0 Å². The summed E-state index contributed by atoms with van der Waals surface area (Å²) in [4.78, 5) is 29.1. The van der Waals surface area contributed by atoms with Gasteiger partial charge in [0.25, 0.3) is 0 Å². The zero-order valence-electron chi connectivity index (χ0n) is 14.6. The van der Waals surface area contributed by atoms with Gasteiger partial charge < -0.3 is 14.5 Å². The van der Waals surface area contributed by atoms with E-state index in [0.717, 1.165) is 6.42 Å². The highest BCUT2D eigenvalue weighted by Crippen LogP contribution is 2.24. The first-order valence-corrected chi connectivity index (χ1v) is 8.98. The Morgan fingerprint density at radius 2 is 1.96 bits per heavy atom. The molecule has 3 rings (SSSR count). The van der Waals surface area contributed by atoms with Crippen molar-refractivity contribution in [2.75, 3.05) is 32.8 Å². The van der Waals surface area contributed by atoms with Gasteiger partial charge in [-0.3, -0.25) is 9.59 Å². The van der Waals surface area contributed by atoms with Crippen LogP contribution < -0.4 is 0 Å². The molecule has 2 amide bonds. The van der Waals surface area contributed by atoms with Gasteiger partial charge in [0, 0.05) is 25.6 Å². The monoisotopic (exact) mass is 348 g/mol. The largest absolute Gasteiger partial charge is 0.378 e. The van der Waals surface area contributed by atoms with Crippen LogP contribution in [0.2, 0.25) is 0 Å². The van der Waals surface area contributed by atoms with Crippen LogP contribution in [0.15, 0.2) is 24.3 Å². The first-order valence-electron chi connectivity index (χ1n) is 8.98. The van der Waals surface area contributed by atoms with Gasteiger partial charge in [0.1, 0.15) is 11.9 Å². The summed E-state index contributed by atoms with van der Waals surface area (Å²) in [5.74, 6) is -0.681. The molecule has 2 saturated heterocycles. The fourth-order valence-electron chi connectivity index (χ4n) is 3.65. The van der Waals surface area contributed by atoms with E-state index < -0.39 is 0 Å². The van der Waals surface area contributed by atoms with Crippen molar-refractivity contribution in [3.05, 3.63) is 35.6 Å². The molecule has 2 aliphatic heterocycles. The smallest absolute Gasteiger partial charge is 0.245 e. The Balaban J connectivity index is 1.65. The van der Waals surface area contributed by atoms with Crippen molar-refractivity contribution < 1.29 is 18.7 Å². The maximum Gasteiger partial charge on any atom is 0.245 e. The molecule has 0 radical (unpaired) electrons. The van der Waals surface area contributed by atoms with Crippen LogP contribution in [0.3, 0.4) is 0 Å². The number of amides is 2. The van der Waals surface area contributed by atoms with Crippen LogP contribution in [-0.4, -0.2) is 60.5 Å². The number of benzene rings is 1. The maximum absolute atomic E-state index is 13.8. The Kier molecular flexibility index (Phi) is 5.68. The van der Waals surface area contributed by atoms with Crippen molar-refractivity contribution in [2.45, 2.75) is 32.2 Å². The number of likely N-dealkylation sites (tertiary alicyclic amines) is 1. The zero-order valence-corrected chi connectivity index (χ0v) is 14.6. The van der Waals surface area contributed by atoms with Crippen molar-refractivity contribution in [1.29, 1.82) is 0 Å². The molecule has 1 aromatic carbocycles. The number of nitrogens with zero attached hydrogens (tertiary/aromatic N) is 2. The lowest BCUT2D eigenvalue weighted by molar-refractivity contribution is -0.148. The average Bonchev–Trinajstić information content (AvgIpc) is 3.12. The van der Waals surface area contributed by atoms with Crippen molar-refractivity contribution in [1.82, 2.24) is 9.80 Å². The molecule has 1 aromatic rings. The highest BCUT2D eigenvalue weighted by atomic mass is 19.1. The Bertz CT molecular complexity index is 631. The van der Waals surface area contributed by atoms with Crippen molar-refractivity contribution in [3.63, 3.8) is 0 Å². The second kappa shape index (κ2) is 7.95. The second-order valence-corrected chi connectivity index (χ2v) is 6.82. The first kappa shape index (κ1) is 17.9. The molecule has 0 bridgehead atoms. The third-order valence-electron chi connectivity index (χ3n) is 5.05. The number of hydrogen-bond acceptors (Lipinski definition) is 3. The highest BCUT2D eigenvalue weighted by molar-refractivity contribution is 5.89. The molecular weight excluding hydrogens is 323 g/mol. The van der Waals surface area contributed by atoms with Gasteiger partial charge in [-0.1, -0.05) is 25.1 Å². The molecule has 25 heavy (non-hydrogen) atoms. The Morgan fingerprint density at radius 1 is 1.24 bits per heavy atom. The van der Waals surface area contributed by atoms with Crippen LogP contribution in [-0.2, 0) is 20.7 Å². The lowest BCUT2D eigenvalue weighted by Crippen LogP contribution is -2.52. The van der Waals surface area contributed by atoms with Gasteiger partial charge >= 0.3 is 0 Å². The summed E-state index contributed by atoms with van der Waals surface area (Å²) >= 11 is 0. The number of hydrogen-bond donors (Lipinski definition) is 0. The molecule has 2 aliphatic rings. The highest BCUT2D eigenvalue weighted by Gasteiger charge is 2.38. The van der Waals surface area contributed by atoms with Crippen LogP contribution in [0.4, 0.5) is 4.39 Å². The Morgan fingerprint density at radius 3 is 2.68 bits per heavy atom. The zero-order chi connectivity index (χ0) is 17.8. The van der Waals surface area contributed by atoms with E-state index in [1.165, 1.54) is 6.07 Å². The first-order chi connectivity index (χ1) is 12.1. The molecule has 0 aromatic heterocycles. The Hall–Kier alpha value is -1.95. The van der Waals surface area contributed by atoms with Crippen LogP contribution in [0.1, 0.15) is 25.3 Å². The minimum absolute atomic E-state index is 0.0206. The molecule has 1 unspecified atom stereocenters. The normalized spacial score (nSPS) is 22.1. The summed E-state index contributed by atoms with van der Waals surface area (Å²) in [6.45, 7) is 4.68. The molecule has 2 heterocycles. The van der Waals surface area contributed by atoms with Gasteiger partial charge in [0.05, 0.1) is 13.2 Å². The molecule has 0 N–H and O–H groups in total. The number of rotatable bonds is 4. The summed E-state index contributed by atoms with van der Waals surface area (Å²) in [5.41, 5.74) is 0.540. The van der Waals surface area contributed by atoms with Gasteiger partial charge in [0.15, 0.2) is 0 Å². The fourth-order valence-corrected chi connectivity index (χ4v) is 3.65. The third kappa shape index (κ3) is 4.00. The van der Waals surface area contributed by atoms with E-state index in [1.54, 1.807) is 28.0 Å². The predicted molar refractivity (Wildman–Crippen MR) is 91.4 cm³/mol. The van der Waals surface area contributed by atoms with E-state index >= 15 is 0 Å². The van der Waals surface area contributed by atoms with Crippen LogP contribution in [0.25, 0.3) is 0 Å². The van der Waals surface area contributed by atoms with Crippen molar-refractivity contribution in [3.8, 4) is 0 Å². The fraction of sp³-hybridized carbons (Fsp3) is 0.579. The topological polar surface area (TPSA) is 49.9 Å². The van der Waals surface area contributed by atoms with E-state index in [1.807, 2.05) is 6.92 Å². The summed E-state index contributed by atoms with van der Waals surface area (Å²) in [6.07, 6.45) is 1.88. The molecule has 6 heteroatoms. The lowest BCUT2D eigenvalue weighted by atomic mass is 9.99. The molecule has 2 atom stereocenters. The number of ether oxygens (including phenoxy) is 1. The Labute approximate surface area is 147 Å². The molecule has 0 aliphatic carbocycles. The second-order valence-electron chi connectivity index (χ2n) is 6.82. The van der Waals surface area contributed by atoms with E-state index in [0.29, 0.717) is 51.3 Å². The van der Waals surface area contributed by atoms with Crippen LogP contribution >= 0.6 is 0 Å². The van der Waals surface area contributed by atoms with Gasteiger partial charge in [0.2, 0.25) is 11.8 Å². The molecule has 0 saturated carbocycles. The maximum atomic E-state index is 13.8. The molecule has 2 fully saturated rings. The molecule has 0 spiro atoms. The van der Waals surface area contributed by atoms with Crippen molar-refractivity contribution >= 4 is 11.8 Å². The number of morpholine rings is 1. The predicted octanol–water partition coefficient (Wildman–Crippen LogP) is 1.85. The summed E-state index contributed by atoms with van der Waals surface area (Å²) < 4.78 is 19.1. The third-order valence-corrected chi connectivity index (χ3v) is 5.05. The molecule has 5 nitrogen and oxygen atoms in total. The van der Waals surface area contributed by atoms with Gasteiger partial charge in [-0.25, -0.2) is 4.39 Å². The standard InChI is InChI=1S/C19H25FN2O3/c1-14(13-15-5-2-3-6-16(15)20)18(23)22-8-4-7-17(22)19(24)21-9-11-25-12-10-21/h2-3,5-6,14,17H,4,7-13H2,1H3/t14?,17-/m0/s1. The van der Waals surface area contributed by atoms with Crippen LogP contribution in [0, 0.1) is 11.7 Å². The number of halogens is 1. The number of carbonyl (C=O) groups excluding carboxylic acids is 2. The molecule has 136 valence electrons. The minimum Gasteiger partial charge on any atom is -0.378 e. The summed E-state index contributed by atoms with van der Waals surface area (Å²) in [5, 5.41) is 0. The minimum atomic E-state index is -0.381. The van der Waals surface area contributed by atoms with Crippen LogP contribution in [0.5, 0.6) is 0 Å². The van der Waals surface area contributed by atoms with E-state index in [2.05, 4.69) is 0 Å². The average molecular weight is 348 g/mol. The van der Waals surface area contributed by atoms with Gasteiger partial charge in [-0.15, -0.1) is 0 Å². The SMILES string of the molecule is CC(Cc1ccccc1F)C(=O)N1CCC[C@H]1C(=O)N1CCOCC1. The van der Waals surface area contributed by atoms with E-state index in [-0.39, 0.29) is 29.6 Å². The number of carbonyl (C=O) groups is 2. The quantitative estimate of drug-likeness (QED) is 0.834. The van der Waals surface area contributed by atoms with Crippen molar-refractivity contribution in [2.24, 2.45) is 5.92 Å². The van der Waals surface area contributed by atoms with Gasteiger partial charge in [-0.05, 0) is 30.9 Å². The lowest BCUT2D eigenvalue weighted by Gasteiger charge is -2.33. The van der Waals surface area contributed by atoms with E-state index in [4.69, 9.17) is 4.74 Å². The summed E-state index contributed by atoms with van der Waals surface area (Å²) in [6, 6.07) is 6.15. The summed E-state index contributed by atoms with van der Waals surface area (Å²) in [7, 11) is 0.